The number of H-pyrrole nitrogens is 1. The van der Waals surface area contributed by atoms with Gasteiger partial charge in [-0.3, -0.25) is 4.79 Å². The Morgan fingerprint density at radius 1 is 1.00 bits per heavy atom. The maximum absolute atomic E-state index is 12.8. The van der Waals surface area contributed by atoms with Crippen molar-refractivity contribution >= 4 is 10.9 Å². The van der Waals surface area contributed by atoms with Crippen LogP contribution in [0.15, 0.2) is 59.4 Å². The number of para-hydroxylation sites is 1. The summed E-state index contributed by atoms with van der Waals surface area (Å²) in [7, 11) is 0. The van der Waals surface area contributed by atoms with Gasteiger partial charge < -0.3 is 9.72 Å². The van der Waals surface area contributed by atoms with Crippen LogP contribution in [0.3, 0.4) is 0 Å². The smallest absolute Gasteiger partial charge is 0.248 e. The van der Waals surface area contributed by atoms with Crippen molar-refractivity contribution in [1.82, 2.24) is 4.98 Å². The number of nitrogens with one attached hydrogen (secondary N) is 1. The van der Waals surface area contributed by atoms with E-state index in [0.717, 1.165) is 10.9 Å². The van der Waals surface area contributed by atoms with Crippen molar-refractivity contribution in [3.8, 4) is 5.75 Å². The van der Waals surface area contributed by atoms with Crippen LogP contribution in [0.5, 0.6) is 5.75 Å². The molecular formula is C16H12FNO2. The van der Waals surface area contributed by atoms with Gasteiger partial charge in [-0.15, -0.1) is 0 Å². The van der Waals surface area contributed by atoms with Gasteiger partial charge in [-0.25, -0.2) is 4.39 Å². The topological polar surface area (TPSA) is 42.1 Å². The fourth-order valence-electron chi connectivity index (χ4n) is 2.01. The van der Waals surface area contributed by atoms with Gasteiger partial charge in [0.05, 0.1) is 5.52 Å². The highest BCUT2D eigenvalue weighted by Crippen LogP contribution is 2.23. The average molecular weight is 269 g/mol. The molecule has 0 aliphatic heterocycles. The molecule has 0 saturated heterocycles. The molecule has 0 aliphatic carbocycles. The minimum atomic E-state index is -0.275. The molecule has 1 N–H and O–H groups in total. The summed E-state index contributed by atoms with van der Waals surface area (Å²) in [6, 6.07) is 14.9. The third-order valence-corrected chi connectivity index (χ3v) is 3.03. The molecule has 0 saturated carbocycles. The molecule has 20 heavy (non-hydrogen) atoms. The number of hydrogen-bond donors (Lipinski definition) is 1. The lowest BCUT2D eigenvalue weighted by atomic mass is 10.2. The van der Waals surface area contributed by atoms with Crippen LogP contribution in [0.2, 0.25) is 0 Å². The van der Waals surface area contributed by atoms with Crippen LogP contribution >= 0.6 is 0 Å². The zero-order chi connectivity index (χ0) is 13.9. The van der Waals surface area contributed by atoms with E-state index in [0.29, 0.717) is 17.9 Å². The van der Waals surface area contributed by atoms with Gasteiger partial charge in [0.25, 0.3) is 0 Å². The van der Waals surface area contributed by atoms with Crippen LogP contribution in [-0.4, -0.2) is 4.98 Å². The fourth-order valence-corrected chi connectivity index (χ4v) is 2.01. The van der Waals surface area contributed by atoms with Gasteiger partial charge in [-0.2, -0.15) is 0 Å². The van der Waals surface area contributed by atoms with Gasteiger partial charge >= 0.3 is 0 Å². The SMILES string of the molecule is O=c1ccc2cccc(OCc3ccc(F)cc3)c2[nH]1. The van der Waals surface area contributed by atoms with E-state index >= 15 is 0 Å². The molecule has 2 aromatic carbocycles. The molecule has 0 atom stereocenters. The van der Waals surface area contributed by atoms with E-state index in [1.165, 1.54) is 18.2 Å². The first-order valence-electron chi connectivity index (χ1n) is 6.22. The first-order valence-corrected chi connectivity index (χ1v) is 6.22. The highest BCUT2D eigenvalue weighted by atomic mass is 19.1. The van der Waals surface area contributed by atoms with Crippen molar-refractivity contribution in [1.29, 1.82) is 0 Å². The molecule has 100 valence electrons. The number of hydrogen-bond acceptors (Lipinski definition) is 2. The molecule has 0 spiro atoms. The first kappa shape index (κ1) is 12.4. The number of fused-ring (bicyclic) bond motifs is 1. The number of halogens is 1. The second-order valence-electron chi connectivity index (χ2n) is 4.46. The quantitative estimate of drug-likeness (QED) is 0.793. The Morgan fingerprint density at radius 3 is 2.60 bits per heavy atom. The molecule has 0 bridgehead atoms. The Morgan fingerprint density at radius 2 is 1.80 bits per heavy atom. The second kappa shape index (κ2) is 5.17. The molecular weight excluding hydrogens is 257 g/mol. The average Bonchev–Trinajstić information content (AvgIpc) is 2.47. The number of rotatable bonds is 3. The Balaban J connectivity index is 1.89. The van der Waals surface area contributed by atoms with Crippen LogP contribution in [0, 0.1) is 5.82 Å². The summed E-state index contributed by atoms with van der Waals surface area (Å²) >= 11 is 0. The maximum Gasteiger partial charge on any atom is 0.248 e. The largest absolute Gasteiger partial charge is 0.487 e. The molecule has 1 heterocycles. The molecule has 3 nitrogen and oxygen atoms in total. The van der Waals surface area contributed by atoms with Crippen LogP contribution in [0.25, 0.3) is 10.9 Å². The Kier molecular flexibility index (Phi) is 3.21. The predicted octanol–water partition coefficient (Wildman–Crippen LogP) is 3.25. The van der Waals surface area contributed by atoms with Crippen LogP contribution in [0.4, 0.5) is 4.39 Å². The highest BCUT2D eigenvalue weighted by molar-refractivity contribution is 5.84. The molecule has 3 aromatic rings. The maximum atomic E-state index is 12.8. The molecule has 0 amide bonds. The van der Waals surface area contributed by atoms with E-state index in [1.54, 1.807) is 24.3 Å². The lowest BCUT2D eigenvalue weighted by molar-refractivity contribution is 0.309. The van der Waals surface area contributed by atoms with E-state index in [2.05, 4.69) is 4.98 Å². The number of aromatic nitrogens is 1. The zero-order valence-corrected chi connectivity index (χ0v) is 10.6. The van der Waals surface area contributed by atoms with E-state index < -0.39 is 0 Å². The van der Waals surface area contributed by atoms with E-state index in [9.17, 15) is 9.18 Å². The summed E-state index contributed by atoms with van der Waals surface area (Å²) in [5.41, 5.74) is 1.36. The van der Waals surface area contributed by atoms with Crippen molar-refractivity contribution in [2.75, 3.05) is 0 Å². The summed E-state index contributed by atoms with van der Waals surface area (Å²) < 4.78 is 18.5. The summed E-state index contributed by atoms with van der Waals surface area (Å²) in [6.07, 6.45) is 0. The van der Waals surface area contributed by atoms with Crippen molar-refractivity contribution in [3.63, 3.8) is 0 Å². The molecule has 0 fully saturated rings. The summed E-state index contributed by atoms with van der Waals surface area (Å²) in [5, 5.41) is 0.904. The Labute approximate surface area is 114 Å². The van der Waals surface area contributed by atoms with Gasteiger partial charge in [0.15, 0.2) is 0 Å². The summed E-state index contributed by atoms with van der Waals surface area (Å²) in [5.74, 6) is 0.327. The van der Waals surface area contributed by atoms with Gasteiger partial charge in [0.1, 0.15) is 18.2 Å². The second-order valence-corrected chi connectivity index (χ2v) is 4.46. The molecule has 3 rings (SSSR count). The first-order chi connectivity index (χ1) is 9.72. The van der Waals surface area contributed by atoms with Crippen molar-refractivity contribution in [3.05, 3.63) is 76.3 Å². The fraction of sp³-hybridized carbons (Fsp3) is 0.0625. The molecule has 0 unspecified atom stereocenters. The lowest BCUT2D eigenvalue weighted by Gasteiger charge is -2.09. The van der Waals surface area contributed by atoms with Crippen molar-refractivity contribution < 1.29 is 9.13 Å². The van der Waals surface area contributed by atoms with Gasteiger partial charge in [0.2, 0.25) is 5.56 Å². The number of benzene rings is 2. The monoisotopic (exact) mass is 269 g/mol. The molecule has 1 aromatic heterocycles. The third kappa shape index (κ3) is 2.54. The third-order valence-electron chi connectivity index (χ3n) is 3.03. The summed E-state index contributed by atoms with van der Waals surface area (Å²) in [4.78, 5) is 14.2. The standard InChI is InChI=1S/C16H12FNO2/c17-13-7-4-11(5-8-13)10-20-14-3-1-2-12-6-9-15(19)18-16(12)14/h1-9H,10H2,(H,18,19). The van der Waals surface area contributed by atoms with Gasteiger partial charge in [0, 0.05) is 11.5 Å². The van der Waals surface area contributed by atoms with Gasteiger partial charge in [-0.05, 0) is 29.8 Å². The van der Waals surface area contributed by atoms with Crippen LogP contribution in [-0.2, 0) is 6.61 Å². The Bertz CT molecular complexity index is 793. The number of pyridine rings is 1. The minimum absolute atomic E-state index is 0.171. The van der Waals surface area contributed by atoms with Gasteiger partial charge in [-0.1, -0.05) is 24.3 Å². The zero-order valence-electron chi connectivity index (χ0n) is 10.6. The normalized spacial score (nSPS) is 10.7. The lowest BCUT2D eigenvalue weighted by Crippen LogP contribution is -2.04. The van der Waals surface area contributed by atoms with Crippen molar-refractivity contribution in [2.45, 2.75) is 6.61 Å². The van der Waals surface area contributed by atoms with E-state index in [1.807, 2.05) is 12.1 Å². The minimum Gasteiger partial charge on any atom is -0.487 e. The highest BCUT2D eigenvalue weighted by Gasteiger charge is 2.03. The molecule has 4 heteroatoms. The van der Waals surface area contributed by atoms with E-state index in [-0.39, 0.29) is 11.4 Å². The summed E-state index contributed by atoms with van der Waals surface area (Å²) in [6.45, 7) is 0.316. The van der Waals surface area contributed by atoms with Crippen LogP contribution in [0.1, 0.15) is 5.56 Å². The number of aromatic amines is 1. The predicted molar refractivity (Wildman–Crippen MR) is 75.3 cm³/mol. The Hall–Kier alpha value is -2.62. The van der Waals surface area contributed by atoms with Crippen LogP contribution < -0.4 is 10.3 Å². The number of ether oxygens (including phenoxy) is 1. The van der Waals surface area contributed by atoms with Crippen molar-refractivity contribution in [2.24, 2.45) is 0 Å². The van der Waals surface area contributed by atoms with E-state index in [4.69, 9.17) is 4.74 Å². The molecule has 0 radical (unpaired) electrons. The molecule has 0 aliphatic rings.